The van der Waals surface area contributed by atoms with E-state index in [0.717, 1.165) is 42.9 Å². The number of fused-ring (bicyclic) bond motifs is 1. The number of hydrogen-bond donors (Lipinski definition) is 1. The van der Waals surface area contributed by atoms with Gasteiger partial charge in [0.05, 0.1) is 6.54 Å². The van der Waals surface area contributed by atoms with E-state index >= 15 is 0 Å². The molecule has 2 heterocycles. The van der Waals surface area contributed by atoms with Crippen molar-refractivity contribution in [2.45, 2.75) is 77.2 Å². The maximum atomic E-state index is 13.8. The molecule has 5 nitrogen and oxygen atoms in total. The van der Waals surface area contributed by atoms with Gasteiger partial charge in [-0.2, -0.15) is 0 Å². The van der Waals surface area contributed by atoms with Gasteiger partial charge in [0.15, 0.2) is 0 Å². The molecule has 202 valence electrons. The molecule has 1 atom stereocenters. The lowest BCUT2D eigenvalue weighted by Gasteiger charge is -2.38. The Hall–Kier alpha value is -2.92. The van der Waals surface area contributed by atoms with Gasteiger partial charge >= 0.3 is 0 Å². The van der Waals surface area contributed by atoms with E-state index in [1.165, 1.54) is 56.9 Å². The normalized spacial score (nSPS) is 21.9. The topological polar surface area (TPSA) is 52.7 Å². The van der Waals surface area contributed by atoms with Gasteiger partial charge in [0, 0.05) is 35.8 Å². The first kappa shape index (κ1) is 26.7. The van der Waals surface area contributed by atoms with Crippen molar-refractivity contribution in [3.8, 4) is 0 Å². The SMILES string of the molecule is C/C=C1/C(=O)N(Cc2ccc(C(=O)NCCN3CCCCC3)cc2)c2ccccc2C1CC1CCCCC1. The van der Waals surface area contributed by atoms with Gasteiger partial charge in [-0.15, -0.1) is 0 Å². The van der Waals surface area contributed by atoms with E-state index in [-0.39, 0.29) is 17.7 Å². The quantitative estimate of drug-likeness (QED) is 0.413. The number of para-hydroxylation sites is 1. The van der Waals surface area contributed by atoms with Crippen molar-refractivity contribution in [3.63, 3.8) is 0 Å². The first-order valence-electron chi connectivity index (χ1n) is 14.8. The average Bonchev–Trinajstić information content (AvgIpc) is 2.96. The van der Waals surface area contributed by atoms with Crippen LogP contribution in [0.2, 0.25) is 0 Å². The fourth-order valence-electron chi connectivity index (χ4n) is 6.66. The van der Waals surface area contributed by atoms with Crippen LogP contribution in [0.3, 0.4) is 0 Å². The summed E-state index contributed by atoms with van der Waals surface area (Å²) in [7, 11) is 0. The van der Waals surface area contributed by atoms with E-state index in [1.54, 1.807) is 0 Å². The molecule has 5 rings (SSSR count). The average molecular weight is 514 g/mol. The van der Waals surface area contributed by atoms with Crippen LogP contribution in [0.25, 0.3) is 0 Å². The van der Waals surface area contributed by atoms with Gasteiger partial charge in [-0.25, -0.2) is 0 Å². The Morgan fingerprint density at radius 2 is 1.66 bits per heavy atom. The van der Waals surface area contributed by atoms with Gasteiger partial charge in [0.2, 0.25) is 0 Å². The fraction of sp³-hybridized carbons (Fsp3) is 0.515. The van der Waals surface area contributed by atoms with E-state index in [0.29, 0.717) is 24.6 Å². The summed E-state index contributed by atoms with van der Waals surface area (Å²) in [6.45, 7) is 6.37. The zero-order valence-corrected chi connectivity index (χ0v) is 23.0. The molecule has 0 bridgehead atoms. The molecule has 0 spiro atoms. The lowest BCUT2D eigenvalue weighted by molar-refractivity contribution is -0.115. The summed E-state index contributed by atoms with van der Waals surface area (Å²) in [5.41, 5.74) is 4.93. The van der Waals surface area contributed by atoms with Gasteiger partial charge in [-0.05, 0) is 74.5 Å². The number of carbonyl (C=O) groups excluding carboxylic acids is 2. The Labute approximate surface area is 228 Å². The Kier molecular flexibility index (Phi) is 8.95. The number of rotatable bonds is 8. The second-order valence-electron chi connectivity index (χ2n) is 11.3. The second kappa shape index (κ2) is 12.8. The van der Waals surface area contributed by atoms with Crippen LogP contribution in [-0.4, -0.2) is 42.9 Å². The molecule has 2 aliphatic heterocycles. The largest absolute Gasteiger partial charge is 0.351 e. The Morgan fingerprint density at radius 1 is 0.947 bits per heavy atom. The van der Waals surface area contributed by atoms with Gasteiger partial charge < -0.3 is 15.1 Å². The first-order valence-corrected chi connectivity index (χ1v) is 14.8. The highest BCUT2D eigenvalue weighted by atomic mass is 16.2. The van der Waals surface area contributed by atoms with Crippen molar-refractivity contribution in [1.29, 1.82) is 0 Å². The van der Waals surface area contributed by atoms with Gasteiger partial charge in [0.25, 0.3) is 11.8 Å². The van der Waals surface area contributed by atoms with E-state index in [2.05, 4.69) is 28.4 Å². The predicted octanol–water partition coefficient (Wildman–Crippen LogP) is 6.45. The summed E-state index contributed by atoms with van der Waals surface area (Å²) in [6.07, 6.45) is 13.5. The third kappa shape index (κ3) is 6.20. The number of nitrogens with zero attached hydrogens (tertiary/aromatic N) is 2. The summed E-state index contributed by atoms with van der Waals surface area (Å²) in [5.74, 6) is 0.968. The Bertz CT molecular complexity index is 1130. The number of hydrogen-bond acceptors (Lipinski definition) is 3. The monoisotopic (exact) mass is 513 g/mol. The van der Waals surface area contributed by atoms with Crippen LogP contribution in [0.4, 0.5) is 5.69 Å². The van der Waals surface area contributed by atoms with Crippen molar-refractivity contribution in [3.05, 3.63) is 76.9 Å². The van der Waals surface area contributed by atoms with E-state index in [9.17, 15) is 9.59 Å². The molecule has 38 heavy (non-hydrogen) atoms. The van der Waals surface area contributed by atoms with Crippen LogP contribution >= 0.6 is 0 Å². The molecule has 5 heteroatoms. The van der Waals surface area contributed by atoms with Gasteiger partial charge in [-0.1, -0.05) is 74.9 Å². The minimum Gasteiger partial charge on any atom is -0.351 e. The van der Waals surface area contributed by atoms with Crippen LogP contribution < -0.4 is 10.2 Å². The zero-order valence-electron chi connectivity index (χ0n) is 23.0. The number of allylic oxidation sites excluding steroid dienone is 1. The van der Waals surface area contributed by atoms with Crippen LogP contribution in [0.1, 0.15) is 92.1 Å². The molecule has 0 aromatic heterocycles. The number of nitrogens with one attached hydrogen (secondary N) is 1. The Balaban J connectivity index is 1.25. The van der Waals surface area contributed by atoms with E-state index in [1.807, 2.05) is 48.2 Å². The highest BCUT2D eigenvalue weighted by Crippen LogP contribution is 2.45. The molecule has 2 amide bonds. The third-order valence-corrected chi connectivity index (χ3v) is 8.79. The molecule has 1 saturated heterocycles. The van der Waals surface area contributed by atoms with Crippen molar-refractivity contribution in [2.24, 2.45) is 5.92 Å². The van der Waals surface area contributed by atoms with Crippen LogP contribution in [-0.2, 0) is 11.3 Å². The van der Waals surface area contributed by atoms with E-state index < -0.39 is 0 Å². The maximum Gasteiger partial charge on any atom is 0.254 e. The minimum absolute atomic E-state index is 0.0327. The Morgan fingerprint density at radius 3 is 2.39 bits per heavy atom. The summed E-state index contributed by atoms with van der Waals surface area (Å²) < 4.78 is 0. The molecule has 1 unspecified atom stereocenters. The first-order chi connectivity index (χ1) is 18.6. The molecular formula is C33H43N3O2. The highest BCUT2D eigenvalue weighted by molar-refractivity contribution is 6.09. The zero-order chi connectivity index (χ0) is 26.3. The molecule has 1 aliphatic carbocycles. The van der Waals surface area contributed by atoms with Gasteiger partial charge in [-0.3, -0.25) is 9.59 Å². The predicted molar refractivity (Wildman–Crippen MR) is 154 cm³/mol. The summed E-state index contributed by atoms with van der Waals surface area (Å²) in [5, 5.41) is 3.07. The smallest absolute Gasteiger partial charge is 0.254 e. The van der Waals surface area contributed by atoms with Crippen molar-refractivity contribution in [1.82, 2.24) is 10.2 Å². The van der Waals surface area contributed by atoms with Crippen molar-refractivity contribution < 1.29 is 9.59 Å². The number of carbonyl (C=O) groups is 2. The third-order valence-electron chi connectivity index (χ3n) is 8.79. The number of benzene rings is 2. The van der Waals surface area contributed by atoms with Crippen LogP contribution in [0.15, 0.2) is 60.2 Å². The number of piperidine rings is 1. The molecule has 2 aromatic rings. The number of anilines is 1. The van der Waals surface area contributed by atoms with Crippen molar-refractivity contribution in [2.75, 3.05) is 31.1 Å². The van der Waals surface area contributed by atoms with Crippen LogP contribution in [0.5, 0.6) is 0 Å². The summed E-state index contributed by atoms with van der Waals surface area (Å²) in [6, 6.07) is 16.2. The standard InChI is InChI=1S/C33H43N3O2/c1-2-28-30(23-25-11-5-3-6-12-25)29-13-7-8-14-31(29)36(33(28)38)24-26-15-17-27(18-16-26)32(37)34-19-22-35-20-9-4-10-21-35/h2,7-8,13-18,25,30H,3-6,9-12,19-24H2,1H3,(H,34,37)/b28-2+. The molecule has 2 aromatic carbocycles. The highest BCUT2D eigenvalue weighted by Gasteiger charge is 2.36. The van der Waals surface area contributed by atoms with Gasteiger partial charge in [0.1, 0.15) is 0 Å². The molecule has 1 saturated carbocycles. The molecular weight excluding hydrogens is 470 g/mol. The number of likely N-dealkylation sites (tertiary alicyclic amines) is 1. The molecule has 2 fully saturated rings. The maximum absolute atomic E-state index is 13.8. The molecule has 3 aliphatic rings. The van der Waals surface area contributed by atoms with Crippen molar-refractivity contribution >= 4 is 17.5 Å². The fourth-order valence-corrected chi connectivity index (χ4v) is 6.66. The number of amides is 2. The lowest BCUT2D eigenvalue weighted by Crippen LogP contribution is -2.38. The lowest BCUT2D eigenvalue weighted by atomic mass is 9.75. The minimum atomic E-state index is -0.0327. The second-order valence-corrected chi connectivity index (χ2v) is 11.3. The summed E-state index contributed by atoms with van der Waals surface area (Å²) in [4.78, 5) is 30.8. The molecule has 0 radical (unpaired) electrons. The summed E-state index contributed by atoms with van der Waals surface area (Å²) >= 11 is 0. The van der Waals surface area contributed by atoms with Crippen LogP contribution in [0, 0.1) is 5.92 Å². The van der Waals surface area contributed by atoms with E-state index in [4.69, 9.17) is 0 Å². The molecule has 1 N–H and O–H groups in total.